The van der Waals surface area contributed by atoms with Gasteiger partial charge < -0.3 is 19.5 Å². The Hall–Kier alpha value is -3.75. The second-order valence-corrected chi connectivity index (χ2v) is 7.59. The molecular formula is C24H22F3NO5. The standard InChI is InChI=1S/C24H22F3NO5/c1-13-9-20(30)22(24(32)28(13)8-7-14-3-5-16(29)6-4-14)17(12-21(31)33-2)15-10-18(25)23(27)19(26)11-15/h3-6,9-11,17,29-30H,7-8,12H2,1-2H3. The number of aryl methyl sites for hydroxylation is 2. The van der Waals surface area contributed by atoms with Crippen molar-refractivity contribution in [2.24, 2.45) is 0 Å². The number of aromatic hydroxyl groups is 2. The van der Waals surface area contributed by atoms with Crippen LogP contribution in [0.1, 0.15) is 34.7 Å². The molecule has 0 aliphatic rings. The van der Waals surface area contributed by atoms with Crippen molar-refractivity contribution in [1.29, 1.82) is 0 Å². The van der Waals surface area contributed by atoms with Gasteiger partial charge in [-0.25, -0.2) is 13.2 Å². The molecule has 0 spiro atoms. The first-order valence-electron chi connectivity index (χ1n) is 10.0. The van der Waals surface area contributed by atoms with Gasteiger partial charge >= 0.3 is 5.97 Å². The van der Waals surface area contributed by atoms with Crippen molar-refractivity contribution in [2.75, 3.05) is 7.11 Å². The van der Waals surface area contributed by atoms with Crippen molar-refractivity contribution < 1.29 is 32.9 Å². The van der Waals surface area contributed by atoms with Crippen LogP contribution in [0.5, 0.6) is 11.5 Å². The predicted molar refractivity (Wildman–Crippen MR) is 114 cm³/mol. The van der Waals surface area contributed by atoms with Gasteiger partial charge in [0, 0.05) is 18.2 Å². The first-order valence-corrected chi connectivity index (χ1v) is 10.0. The van der Waals surface area contributed by atoms with E-state index in [4.69, 9.17) is 0 Å². The van der Waals surface area contributed by atoms with Crippen LogP contribution >= 0.6 is 0 Å². The highest BCUT2D eigenvalue weighted by atomic mass is 19.2. The average Bonchev–Trinajstić information content (AvgIpc) is 2.77. The van der Waals surface area contributed by atoms with Gasteiger partial charge in [0.25, 0.3) is 5.56 Å². The molecule has 1 heterocycles. The molecule has 0 aliphatic heterocycles. The third-order valence-electron chi connectivity index (χ3n) is 5.44. The third kappa shape index (κ3) is 5.19. The number of aromatic nitrogens is 1. The third-order valence-corrected chi connectivity index (χ3v) is 5.44. The fraction of sp³-hybridized carbons (Fsp3) is 0.250. The summed E-state index contributed by atoms with van der Waals surface area (Å²) in [6, 6.07) is 9.10. The first-order chi connectivity index (χ1) is 15.6. The maximum absolute atomic E-state index is 13.9. The minimum atomic E-state index is -1.69. The Labute approximate surface area is 187 Å². The fourth-order valence-corrected chi connectivity index (χ4v) is 3.69. The van der Waals surface area contributed by atoms with Gasteiger partial charge in [-0.15, -0.1) is 0 Å². The van der Waals surface area contributed by atoms with E-state index in [9.17, 15) is 33.0 Å². The highest BCUT2D eigenvalue weighted by molar-refractivity contribution is 5.71. The SMILES string of the molecule is COC(=O)CC(c1cc(F)c(F)c(F)c1)c1c(O)cc(C)n(CCc2ccc(O)cc2)c1=O. The van der Waals surface area contributed by atoms with Crippen molar-refractivity contribution >= 4 is 5.97 Å². The van der Waals surface area contributed by atoms with E-state index in [-0.39, 0.29) is 23.4 Å². The molecule has 2 N–H and O–H groups in total. The van der Waals surface area contributed by atoms with Crippen LogP contribution in [0, 0.1) is 24.4 Å². The maximum atomic E-state index is 13.9. The number of phenolic OH excluding ortho intramolecular Hbond substituents is 1. The quantitative estimate of drug-likeness (QED) is 0.411. The number of phenols is 1. The van der Waals surface area contributed by atoms with Crippen LogP contribution in [-0.2, 0) is 22.5 Å². The van der Waals surface area contributed by atoms with Crippen LogP contribution in [0.25, 0.3) is 0 Å². The van der Waals surface area contributed by atoms with Crippen LogP contribution in [0.2, 0.25) is 0 Å². The van der Waals surface area contributed by atoms with Gasteiger partial charge in [-0.2, -0.15) is 0 Å². The van der Waals surface area contributed by atoms with E-state index in [1.807, 2.05) is 0 Å². The van der Waals surface area contributed by atoms with Crippen molar-refractivity contribution in [3.05, 3.63) is 92.7 Å². The number of pyridine rings is 1. The molecule has 1 aromatic heterocycles. The number of hydrogen-bond donors (Lipinski definition) is 2. The molecule has 3 rings (SSSR count). The lowest BCUT2D eigenvalue weighted by Gasteiger charge is -2.21. The molecule has 0 bridgehead atoms. The Kier molecular flexibility index (Phi) is 7.10. The summed E-state index contributed by atoms with van der Waals surface area (Å²) in [5.41, 5.74) is 0.140. The number of esters is 1. The zero-order valence-corrected chi connectivity index (χ0v) is 17.9. The molecule has 0 saturated carbocycles. The molecule has 174 valence electrons. The summed E-state index contributed by atoms with van der Waals surface area (Å²) in [6.07, 6.45) is -0.0997. The summed E-state index contributed by atoms with van der Waals surface area (Å²) < 4.78 is 47.3. The highest BCUT2D eigenvalue weighted by Crippen LogP contribution is 2.34. The number of methoxy groups -OCH3 is 1. The second-order valence-electron chi connectivity index (χ2n) is 7.59. The lowest BCUT2D eigenvalue weighted by molar-refractivity contribution is -0.140. The van der Waals surface area contributed by atoms with E-state index in [1.165, 1.54) is 22.8 Å². The zero-order valence-electron chi connectivity index (χ0n) is 17.9. The van der Waals surface area contributed by atoms with E-state index in [0.717, 1.165) is 12.7 Å². The predicted octanol–water partition coefficient (Wildman–Crippen LogP) is 3.92. The van der Waals surface area contributed by atoms with E-state index >= 15 is 0 Å². The van der Waals surface area contributed by atoms with Gasteiger partial charge in [0.15, 0.2) is 17.5 Å². The molecule has 3 aromatic rings. The Morgan fingerprint density at radius 2 is 1.67 bits per heavy atom. The topological polar surface area (TPSA) is 88.8 Å². The van der Waals surface area contributed by atoms with E-state index in [0.29, 0.717) is 24.2 Å². The summed E-state index contributed by atoms with van der Waals surface area (Å²) in [4.78, 5) is 25.4. The summed E-state index contributed by atoms with van der Waals surface area (Å²) in [6.45, 7) is 1.80. The molecule has 0 amide bonds. The summed E-state index contributed by atoms with van der Waals surface area (Å²) in [5, 5.41) is 20.0. The van der Waals surface area contributed by atoms with E-state index < -0.39 is 47.1 Å². The monoisotopic (exact) mass is 461 g/mol. The molecule has 0 fully saturated rings. The normalized spacial score (nSPS) is 11.9. The Bertz CT molecular complexity index is 1220. The summed E-state index contributed by atoms with van der Waals surface area (Å²) in [5.74, 6) is -7.09. The molecule has 1 unspecified atom stereocenters. The van der Waals surface area contributed by atoms with Gasteiger partial charge in [0.1, 0.15) is 11.5 Å². The minimum Gasteiger partial charge on any atom is -0.508 e. The lowest BCUT2D eigenvalue weighted by Crippen LogP contribution is -2.29. The number of hydrogen-bond acceptors (Lipinski definition) is 5. The van der Waals surface area contributed by atoms with Crippen molar-refractivity contribution in [3.8, 4) is 11.5 Å². The number of ether oxygens (including phenoxy) is 1. The lowest BCUT2D eigenvalue weighted by atomic mass is 9.88. The van der Waals surface area contributed by atoms with Crippen LogP contribution in [0.4, 0.5) is 13.2 Å². The van der Waals surface area contributed by atoms with Crippen molar-refractivity contribution in [2.45, 2.75) is 32.2 Å². The molecule has 33 heavy (non-hydrogen) atoms. The number of nitrogens with zero attached hydrogens (tertiary/aromatic N) is 1. The molecule has 0 saturated heterocycles. The van der Waals surface area contributed by atoms with E-state index in [1.54, 1.807) is 19.1 Å². The Morgan fingerprint density at radius 3 is 2.24 bits per heavy atom. The van der Waals surface area contributed by atoms with Gasteiger partial charge in [-0.05, 0) is 54.8 Å². The molecule has 2 aromatic carbocycles. The Balaban J connectivity index is 2.09. The molecule has 6 nitrogen and oxygen atoms in total. The highest BCUT2D eigenvalue weighted by Gasteiger charge is 2.28. The minimum absolute atomic E-state index is 0.100. The largest absolute Gasteiger partial charge is 0.508 e. The number of carbonyl (C=O) groups is 1. The maximum Gasteiger partial charge on any atom is 0.306 e. The second kappa shape index (κ2) is 9.81. The number of benzene rings is 2. The number of halogens is 3. The molecule has 1 atom stereocenters. The Morgan fingerprint density at radius 1 is 1.06 bits per heavy atom. The van der Waals surface area contributed by atoms with Crippen LogP contribution < -0.4 is 5.56 Å². The number of carbonyl (C=O) groups excluding carboxylic acids is 1. The van der Waals surface area contributed by atoms with Gasteiger partial charge in [-0.3, -0.25) is 9.59 Å². The molecule has 9 heteroatoms. The number of rotatable bonds is 7. The van der Waals surface area contributed by atoms with Gasteiger partial charge in [0.2, 0.25) is 0 Å². The molecular weight excluding hydrogens is 439 g/mol. The van der Waals surface area contributed by atoms with E-state index in [2.05, 4.69) is 4.74 Å². The van der Waals surface area contributed by atoms with Crippen LogP contribution in [-0.4, -0.2) is 27.9 Å². The van der Waals surface area contributed by atoms with Crippen LogP contribution in [0.3, 0.4) is 0 Å². The molecule has 0 radical (unpaired) electrons. The van der Waals surface area contributed by atoms with Crippen molar-refractivity contribution in [1.82, 2.24) is 4.57 Å². The average molecular weight is 461 g/mol. The smallest absolute Gasteiger partial charge is 0.306 e. The molecule has 0 aliphatic carbocycles. The zero-order chi connectivity index (χ0) is 24.3. The first kappa shape index (κ1) is 23.9. The summed E-state index contributed by atoms with van der Waals surface area (Å²) in [7, 11) is 1.11. The summed E-state index contributed by atoms with van der Waals surface area (Å²) >= 11 is 0. The van der Waals surface area contributed by atoms with Gasteiger partial charge in [-0.1, -0.05) is 12.1 Å². The van der Waals surface area contributed by atoms with Crippen molar-refractivity contribution in [3.63, 3.8) is 0 Å². The fourth-order valence-electron chi connectivity index (χ4n) is 3.69. The van der Waals surface area contributed by atoms with Gasteiger partial charge in [0.05, 0.1) is 19.1 Å². The van der Waals surface area contributed by atoms with Crippen LogP contribution in [0.15, 0.2) is 47.3 Å².